The number of rotatable bonds is 3. The number of imidazole rings is 1. The smallest absolute Gasteiger partial charge is 0.343 e. The van der Waals surface area contributed by atoms with Crippen molar-refractivity contribution < 1.29 is 4.79 Å². The first-order chi connectivity index (χ1) is 12.2. The Morgan fingerprint density at radius 1 is 1.32 bits per heavy atom. The zero-order valence-corrected chi connectivity index (χ0v) is 14.0. The molecule has 1 amide bonds. The maximum atomic E-state index is 12.8. The Hall–Kier alpha value is -2.90. The molecule has 0 saturated carbocycles. The van der Waals surface area contributed by atoms with Gasteiger partial charge in [0, 0.05) is 31.1 Å². The normalized spacial score (nSPS) is 15.8. The van der Waals surface area contributed by atoms with Crippen LogP contribution in [0.2, 0.25) is 0 Å². The molecule has 0 aliphatic carbocycles. The second-order valence-corrected chi connectivity index (χ2v) is 6.33. The summed E-state index contributed by atoms with van der Waals surface area (Å²) in [5.41, 5.74) is 2.22. The zero-order chi connectivity index (χ0) is 17.4. The molecule has 0 spiro atoms. The van der Waals surface area contributed by atoms with Gasteiger partial charge in [-0.1, -0.05) is 0 Å². The second-order valence-electron chi connectivity index (χ2n) is 6.33. The third-order valence-corrected chi connectivity index (χ3v) is 4.92. The van der Waals surface area contributed by atoms with Gasteiger partial charge in [0.15, 0.2) is 0 Å². The second kappa shape index (κ2) is 6.19. The van der Waals surface area contributed by atoms with E-state index in [1.165, 1.54) is 0 Å². The highest BCUT2D eigenvalue weighted by Gasteiger charge is 2.27. The Balaban J connectivity index is 1.47. The molecule has 0 bridgehead atoms. The summed E-state index contributed by atoms with van der Waals surface area (Å²) < 4.78 is 1.67. The predicted octanol–water partition coefficient (Wildman–Crippen LogP) is 1.49. The minimum Gasteiger partial charge on any atom is -0.345 e. The minimum atomic E-state index is -0.163. The number of carbonyl (C=O) groups is 1. The number of hydrogen-bond donors (Lipinski definition) is 2. The van der Waals surface area contributed by atoms with E-state index in [0.29, 0.717) is 25.2 Å². The van der Waals surface area contributed by atoms with Gasteiger partial charge in [-0.15, -0.1) is 0 Å². The lowest BCUT2D eigenvalue weighted by Crippen LogP contribution is -2.38. The molecule has 8 nitrogen and oxygen atoms in total. The van der Waals surface area contributed by atoms with E-state index >= 15 is 0 Å². The van der Waals surface area contributed by atoms with E-state index in [1.54, 1.807) is 10.9 Å². The fourth-order valence-electron chi connectivity index (χ4n) is 3.54. The van der Waals surface area contributed by atoms with E-state index in [9.17, 15) is 9.59 Å². The van der Waals surface area contributed by atoms with Crippen LogP contribution in [-0.2, 0) is 6.54 Å². The van der Waals surface area contributed by atoms with Crippen molar-refractivity contribution in [2.75, 3.05) is 13.1 Å². The Labute approximate surface area is 143 Å². The van der Waals surface area contributed by atoms with Gasteiger partial charge in [-0.05, 0) is 38.0 Å². The van der Waals surface area contributed by atoms with Crippen LogP contribution in [0.5, 0.6) is 0 Å². The summed E-state index contributed by atoms with van der Waals surface area (Å²) >= 11 is 0. The number of benzene rings is 1. The number of piperidine rings is 1. The molecule has 8 heteroatoms. The molecule has 3 heterocycles. The number of likely N-dealkylation sites (tertiary alicyclic amines) is 1. The molecule has 2 aromatic heterocycles. The molecule has 1 aromatic carbocycles. The largest absolute Gasteiger partial charge is 0.345 e. The summed E-state index contributed by atoms with van der Waals surface area (Å²) in [4.78, 5) is 33.6. The average Bonchev–Trinajstić information content (AvgIpc) is 3.26. The van der Waals surface area contributed by atoms with E-state index in [4.69, 9.17) is 0 Å². The maximum Gasteiger partial charge on any atom is 0.343 e. The number of hydrogen-bond acceptors (Lipinski definition) is 4. The van der Waals surface area contributed by atoms with Crippen molar-refractivity contribution in [1.82, 2.24) is 29.6 Å². The summed E-state index contributed by atoms with van der Waals surface area (Å²) in [7, 11) is 0. The number of amides is 1. The Bertz CT molecular complexity index is 961. The first-order valence-corrected chi connectivity index (χ1v) is 8.55. The third-order valence-electron chi connectivity index (χ3n) is 4.92. The average molecular weight is 340 g/mol. The van der Waals surface area contributed by atoms with Crippen molar-refractivity contribution in [1.29, 1.82) is 0 Å². The molecule has 25 heavy (non-hydrogen) atoms. The van der Waals surface area contributed by atoms with Crippen molar-refractivity contribution in [2.24, 2.45) is 0 Å². The van der Waals surface area contributed by atoms with Gasteiger partial charge < -0.3 is 9.88 Å². The van der Waals surface area contributed by atoms with Gasteiger partial charge >= 0.3 is 5.69 Å². The number of nitrogens with one attached hydrogen (secondary N) is 2. The van der Waals surface area contributed by atoms with Gasteiger partial charge in [0.1, 0.15) is 5.82 Å². The predicted molar refractivity (Wildman–Crippen MR) is 92.5 cm³/mol. The summed E-state index contributed by atoms with van der Waals surface area (Å²) in [5.74, 6) is 1.04. The van der Waals surface area contributed by atoms with E-state index in [-0.39, 0.29) is 17.5 Å². The van der Waals surface area contributed by atoms with Gasteiger partial charge in [-0.3, -0.25) is 9.36 Å². The number of aromatic amines is 2. The molecule has 2 N–H and O–H groups in total. The lowest BCUT2D eigenvalue weighted by Gasteiger charge is -2.31. The van der Waals surface area contributed by atoms with E-state index in [2.05, 4.69) is 20.2 Å². The van der Waals surface area contributed by atoms with Crippen LogP contribution in [0.1, 0.15) is 41.9 Å². The molecule has 130 valence electrons. The van der Waals surface area contributed by atoms with Crippen LogP contribution in [0.25, 0.3) is 11.0 Å². The topological polar surface area (TPSA) is 99.7 Å². The van der Waals surface area contributed by atoms with E-state index in [1.807, 2.05) is 30.0 Å². The summed E-state index contributed by atoms with van der Waals surface area (Å²) in [6.07, 6.45) is 3.24. The standard InChI is InChI=1S/C17H20N6O2/c1-2-23-15(20-21-17(23)25)11-5-7-22(8-6-11)16(24)12-3-4-13-14(9-12)19-10-18-13/h3-4,9-11H,2,5-8H2,1H3,(H,18,19)(H,21,25). The fourth-order valence-corrected chi connectivity index (χ4v) is 3.54. The van der Waals surface area contributed by atoms with Crippen LogP contribution in [0.4, 0.5) is 0 Å². The van der Waals surface area contributed by atoms with E-state index in [0.717, 1.165) is 29.7 Å². The van der Waals surface area contributed by atoms with Crippen molar-refractivity contribution in [3.8, 4) is 0 Å². The Morgan fingerprint density at radius 2 is 2.12 bits per heavy atom. The van der Waals surface area contributed by atoms with Crippen molar-refractivity contribution >= 4 is 16.9 Å². The number of H-pyrrole nitrogens is 2. The van der Waals surface area contributed by atoms with Gasteiger partial charge in [-0.2, -0.15) is 5.10 Å². The van der Waals surface area contributed by atoms with Crippen LogP contribution in [0, 0.1) is 0 Å². The molecular formula is C17H20N6O2. The fraction of sp³-hybridized carbons (Fsp3) is 0.412. The number of carbonyl (C=O) groups excluding carboxylic acids is 1. The van der Waals surface area contributed by atoms with Crippen LogP contribution in [0.15, 0.2) is 29.3 Å². The number of fused-ring (bicyclic) bond motifs is 1. The molecule has 0 atom stereocenters. The van der Waals surface area contributed by atoms with Gasteiger partial charge in [0.2, 0.25) is 0 Å². The highest BCUT2D eigenvalue weighted by molar-refractivity contribution is 5.97. The van der Waals surface area contributed by atoms with E-state index < -0.39 is 0 Å². The summed E-state index contributed by atoms with van der Waals surface area (Å²) in [5, 5.41) is 6.70. The van der Waals surface area contributed by atoms with Crippen LogP contribution < -0.4 is 5.69 Å². The summed E-state index contributed by atoms with van der Waals surface area (Å²) in [6, 6.07) is 5.52. The van der Waals surface area contributed by atoms with Gasteiger partial charge in [0.25, 0.3) is 5.91 Å². The molecule has 1 saturated heterocycles. The Morgan fingerprint density at radius 3 is 2.88 bits per heavy atom. The van der Waals surface area contributed by atoms with Crippen LogP contribution in [0.3, 0.4) is 0 Å². The Kier molecular flexibility index (Phi) is 3.87. The van der Waals surface area contributed by atoms with Crippen molar-refractivity contribution in [2.45, 2.75) is 32.2 Å². The molecule has 0 radical (unpaired) electrons. The molecule has 0 unspecified atom stereocenters. The quantitative estimate of drug-likeness (QED) is 0.754. The van der Waals surface area contributed by atoms with Gasteiger partial charge in [0.05, 0.1) is 17.4 Å². The lowest BCUT2D eigenvalue weighted by atomic mass is 9.95. The molecule has 4 rings (SSSR count). The molecule has 3 aromatic rings. The van der Waals surface area contributed by atoms with Crippen molar-refractivity contribution in [3.05, 3.63) is 46.4 Å². The zero-order valence-electron chi connectivity index (χ0n) is 14.0. The summed E-state index contributed by atoms with van der Waals surface area (Å²) in [6.45, 7) is 3.86. The monoisotopic (exact) mass is 340 g/mol. The molecule has 1 fully saturated rings. The van der Waals surface area contributed by atoms with Crippen LogP contribution >= 0.6 is 0 Å². The highest BCUT2D eigenvalue weighted by Crippen LogP contribution is 2.27. The molecule has 1 aliphatic rings. The highest BCUT2D eigenvalue weighted by atomic mass is 16.2. The maximum absolute atomic E-state index is 12.8. The first-order valence-electron chi connectivity index (χ1n) is 8.55. The lowest BCUT2D eigenvalue weighted by molar-refractivity contribution is 0.0710. The molecular weight excluding hydrogens is 320 g/mol. The minimum absolute atomic E-state index is 0.0323. The van der Waals surface area contributed by atoms with Gasteiger partial charge in [-0.25, -0.2) is 14.9 Å². The number of nitrogens with zero attached hydrogens (tertiary/aromatic N) is 4. The molecule has 1 aliphatic heterocycles. The van der Waals surface area contributed by atoms with Crippen LogP contribution in [-0.4, -0.2) is 48.6 Å². The first kappa shape index (κ1) is 15.6. The third kappa shape index (κ3) is 2.73. The SMILES string of the molecule is CCn1c(C2CCN(C(=O)c3ccc4nc[nH]c4c3)CC2)n[nH]c1=O. The van der Waals surface area contributed by atoms with Crippen molar-refractivity contribution in [3.63, 3.8) is 0 Å². The number of aromatic nitrogens is 5.